The second-order valence-corrected chi connectivity index (χ2v) is 5.80. The van der Waals surface area contributed by atoms with E-state index in [1.807, 2.05) is 24.3 Å². The molecule has 0 aliphatic carbocycles. The summed E-state index contributed by atoms with van der Waals surface area (Å²) in [4.78, 5) is 11.4. The molecule has 100 valence electrons. The zero-order valence-corrected chi connectivity index (χ0v) is 12.0. The van der Waals surface area contributed by atoms with Gasteiger partial charge in [0.1, 0.15) is 5.75 Å². The number of carboxylic acids is 1. The lowest BCUT2D eigenvalue weighted by atomic mass is 10.4. The van der Waals surface area contributed by atoms with Crippen LogP contribution in [0.1, 0.15) is 5.89 Å². The van der Waals surface area contributed by atoms with Crippen LogP contribution in [-0.2, 0) is 10.5 Å². The van der Waals surface area contributed by atoms with Gasteiger partial charge in [0.15, 0.2) is 0 Å². The van der Waals surface area contributed by atoms with Gasteiger partial charge in [0, 0.05) is 9.92 Å². The minimum absolute atomic E-state index is 0.0913. The van der Waals surface area contributed by atoms with Crippen molar-refractivity contribution >= 4 is 41.1 Å². The van der Waals surface area contributed by atoms with Crippen LogP contribution in [0.3, 0.4) is 0 Å². The number of carbonyl (C=O) groups is 1. The molecule has 8 heteroatoms. The van der Waals surface area contributed by atoms with Gasteiger partial charge in [-0.1, -0.05) is 23.4 Å². The fourth-order valence-corrected chi connectivity index (χ4v) is 2.52. The van der Waals surface area contributed by atoms with Crippen molar-refractivity contribution in [3.05, 3.63) is 35.2 Å². The number of carboxylic acid groups (broad SMARTS) is 1. The molecule has 2 rings (SSSR count). The van der Waals surface area contributed by atoms with Gasteiger partial charge in [-0.3, -0.25) is 4.79 Å². The molecule has 0 fully saturated rings. The van der Waals surface area contributed by atoms with Gasteiger partial charge >= 0.3 is 5.97 Å². The summed E-state index contributed by atoms with van der Waals surface area (Å²) in [5.74, 6) is -0.0121. The number of hydrogen-bond acceptors (Lipinski definition) is 6. The Morgan fingerprint density at radius 2 is 2.00 bits per heavy atom. The average Bonchev–Trinajstić information content (AvgIpc) is 2.84. The predicted octanol–water partition coefficient (Wildman–Crippen LogP) is 3.19. The number of halogens is 1. The molecule has 0 unspecified atom stereocenters. The molecule has 1 N–H and O–H groups in total. The Morgan fingerprint density at radius 1 is 1.26 bits per heavy atom. The number of hydrogen-bond donors (Lipinski definition) is 1. The number of aromatic nitrogens is 2. The van der Waals surface area contributed by atoms with E-state index in [2.05, 4.69) is 10.2 Å². The maximum absolute atomic E-state index is 10.4. The fraction of sp³-hybridized carbons (Fsp3) is 0.182. The Kier molecular flexibility index (Phi) is 5.12. The van der Waals surface area contributed by atoms with Gasteiger partial charge in [0.25, 0.3) is 5.22 Å². The molecule has 0 saturated carbocycles. The number of benzene rings is 1. The maximum atomic E-state index is 10.4. The van der Waals surface area contributed by atoms with Crippen LogP contribution in [0.2, 0.25) is 5.02 Å². The van der Waals surface area contributed by atoms with E-state index in [-0.39, 0.29) is 11.0 Å². The molecule has 0 aliphatic rings. The highest BCUT2D eigenvalue weighted by Gasteiger charge is 2.09. The van der Waals surface area contributed by atoms with Crippen LogP contribution >= 0.6 is 35.1 Å². The average molecular weight is 317 g/mol. The first-order valence-electron chi connectivity index (χ1n) is 5.19. The van der Waals surface area contributed by atoms with E-state index < -0.39 is 5.97 Å². The molecule has 19 heavy (non-hydrogen) atoms. The second kappa shape index (κ2) is 6.83. The van der Waals surface area contributed by atoms with Crippen molar-refractivity contribution in [1.82, 2.24) is 10.2 Å². The summed E-state index contributed by atoms with van der Waals surface area (Å²) in [5, 5.41) is 17.1. The Hall–Kier alpha value is -1.18. The molecule has 1 aromatic carbocycles. The lowest BCUT2D eigenvalue weighted by Crippen LogP contribution is -1.97. The minimum Gasteiger partial charge on any atom is -0.481 e. The van der Waals surface area contributed by atoms with E-state index in [0.29, 0.717) is 16.7 Å². The van der Waals surface area contributed by atoms with Crippen LogP contribution in [0.5, 0.6) is 0 Å². The lowest BCUT2D eigenvalue weighted by molar-refractivity contribution is -0.133. The standard InChI is InChI=1S/C11H9ClN2O3S2/c12-7-1-3-8(4-2-7)18-5-9-13-14-11(17-9)19-6-10(15)16/h1-4H,5-6H2,(H,15,16). The Bertz CT molecular complexity index is 559. The molecule has 0 radical (unpaired) electrons. The van der Waals surface area contributed by atoms with Gasteiger partial charge in [-0.05, 0) is 24.3 Å². The van der Waals surface area contributed by atoms with Crippen LogP contribution in [-0.4, -0.2) is 27.0 Å². The van der Waals surface area contributed by atoms with Gasteiger partial charge in [-0.25, -0.2) is 0 Å². The largest absolute Gasteiger partial charge is 0.481 e. The normalized spacial score (nSPS) is 10.6. The molecule has 0 spiro atoms. The fourth-order valence-electron chi connectivity index (χ4n) is 1.15. The van der Waals surface area contributed by atoms with Crippen molar-refractivity contribution in [2.45, 2.75) is 15.9 Å². The molecule has 0 bridgehead atoms. The van der Waals surface area contributed by atoms with Crippen LogP contribution in [0.25, 0.3) is 0 Å². The summed E-state index contributed by atoms with van der Waals surface area (Å²) in [5.41, 5.74) is 0. The summed E-state index contributed by atoms with van der Waals surface area (Å²) in [6, 6.07) is 7.44. The highest BCUT2D eigenvalue weighted by Crippen LogP contribution is 2.25. The molecule has 0 saturated heterocycles. The highest BCUT2D eigenvalue weighted by molar-refractivity contribution is 7.99. The minimum atomic E-state index is -0.916. The molecular weight excluding hydrogens is 308 g/mol. The van der Waals surface area contributed by atoms with Crippen molar-refractivity contribution in [2.24, 2.45) is 0 Å². The molecule has 1 heterocycles. The summed E-state index contributed by atoms with van der Waals surface area (Å²) in [6.45, 7) is 0. The Morgan fingerprint density at radius 3 is 2.68 bits per heavy atom. The molecule has 5 nitrogen and oxygen atoms in total. The Balaban J connectivity index is 1.86. The molecule has 0 aliphatic heterocycles. The summed E-state index contributed by atoms with van der Waals surface area (Å²) in [6.07, 6.45) is 0. The number of aliphatic carboxylic acids is 1. The van der Waals surface area contributed by atoms with E-state index in [4.69, 9.17) is 21.1 Å². The van der Waals surface area contributed by atoms with E-state index in [1.54, 1.807) is 0 Å². The van der Waals surface area contributed by atoms with Crippen molar-refractivity contribution < 1.29 is 14.3 Å². The number of rotatable bonds is 6. The Labute approximate surface area is 122 Å². The van der Waals surface area contributed by atoms with Crippen LogP contribution in [0.15, 0.2) is 38.8 Å². The second-order valence-electron chi connectivity index (χ2n) is 3.39. The van der Waals surface area contributed by atoms with E-state index in [1.165, 1.54) is 11.8 Å². The topological polar surface area (TPSA) is 76.2 Å². The van der Waals surface area contributed by atoms with Crippen molar-refractivity contribution in [3.8, 4) is 0 Å². The van der Waals surface area contributed by atoms with Crippen molar-refractivity contribution in [3.63, 3.8) is 0 Å². The SMILES string of the molecule is O=C(O)CSc1nnc(CSc2ccc(Cl)cc2)o1. The van der Waals surface area contributed by atoms with Gasteiger partial charge in [-0.15, -0.1) is 22.0 Å². The monoisotopic (exact) mass is 316 g/mol. The van der Waals surface area contributed by atoms with Crippen LogP contribution < -0.4 is 0 Å². The van der Waals surface area contributed by atoms with Gasteiger partial charge in [-0.2, -0.15) is 0 Å². The molecular formula is C11H9ClN2O3S2. The van der Waals surface area contributed by atoms with E-state index in [9.17, 15) is 4.79 Å². The molecule has 0 amide bonds. The van der Waals surface area contributed by atoms with E-state index >= 15 is 0 Å². The first-order valence-corrected chi connectivity index (χ1v) is 7.54. The van der Waals surface area contributed by atoms with Gasteiger partial charge in [0.2, 0.25) is 5.89 Å². The van der Waals surface area contributed by atoms with Crippen LogP contribution in [0.4, 0.5) is 0 Å². The quantitative estimate of drug-likeness (QED) is 0.820. The maximum Gasteiger partial charge on any atom is 0.314 e. The third kappa shape index (κ3) is 4.77. The van der Waals surface area contributed by atoms with Crippen molar-refractivity contribution in [2.75, 3.05) is 5.75 Å². The third-order valence-electron chi connectivity index (χ3n) is 1.94. The predicted molar refractivity (Wildman–Crippen MR) is 73.7 cm³/mol. The first kappa shape index (κ1) is 14.2. The summed E-state index contributed by atoms with van der Waals surface area (Å²) < 4.78 is 5.31. The summed E-state index contributed by atoms with van der Waals surface area (Å²) in [7, 11) is 0. The zero-order chi connectivity index (χ0) is 13.7. The molecule has 1 aromatic heterocycles. The first-order chi connectivity index (χ1) is 9.13. The van der Waals surface area contributed by atoms with Crippen LogP contribution in [0, 0.1) is 0 Å². The highest BCUT2D eigenvalue weighted by atomic mass is 35.5. The number of nitrogens with zero attached hydrogens (tertiary/aromatic N) is 2. The molecule has 0 atom stereocenters. The molecule has 2 aromatic rings. The van der Waals surface area contributed by atoms with Gasteiger partial charge < -0.3 is 9.52 Å². The lowest BCUT2D eigenvalue weighted by Gasteiger charge is -1.98. The number of thioether (sulfide) groups is 2. The smallest absolute Gasteiger partial charge is 0.314 e. The van der Waals surface area contributed by atoms with E-state index in [0.717, 1.165) is 16.7 Å². The van der Waals surface area contributed by atoms with Crippen molar-refractivity contribution in [1.29, 1.82) is 0 Å². The summed E-state index contributed by atoms with van der Waals surface area (Å²) >= 11 is 8.34. The van der Waals surface area contributed by atoms with Gasteiger partial charge in [0.05, 0.1) is 5.75 Å². The zero-order valence-electron chi connectivity index (χ0n) is 9.58. The third-order valence-corrected chi connectivity index (χ3v) is 4.00.